The van der Waals surface area contributed by atoms with Crippen LogP contribution in [0, 0.1) is 5.92 Å². The van der Waals surface area contributed by atoms with Gasteiger partial charge in [0, 0.05) is 12.1 Å². The van der Waals surface area contributed by atoms with Crippen molar-refractivity contribution in [3.05, 3.63) is 18.2 Å². The highest BCUT2D eigenvalue weighted by molar-refractivity contribution is 7.00. The fourth-order valence-electron chi connectivity index (χ4n) is 1.44. The summed E-state index contributed by atoms with van der Waals surface area (Å²) in [5, 5.41) is 2.85. The van der Waals surface area contributed by atoms with Crippen molar-refractivity contribution >= 4 is 34.4 Å². The van der Waals surface area contributed by atoms with Crippen LogP contribution in [-0.4, -0.2) is 14.7 Å². The largest absolute Gasteiger partial charge is 0.326 e. The quantitative estimate of drug-likeness (QED) is 0.889. The van der Waals surface area contributed by atoms with Crippen LogP contribution in [0.3, 0.4) is 0 Å². The van der Waals surface area contributed by atoms with Gasteiger partial charge in [-0.3, -0.25) is 4.79 Å². The second-order valence-electron chi connectivity index (χ2n) is 4.11. The first-order valence-corrected chi connectivity index (χ1v) is 5.90. The van der Waals surface area contributed by atoms with Crippen molar-refractivity contribution in [3.8, 4) is 0 Å². The van der Waals surface area contributed by atoms with Gasteiger partial charge in [0.05, 0.1) is 11.7 Å². The Morgan fingerprint density at radius 1 is 1.38 bits per heavy atom. The van der Waals surface area contributed by atoms with E-state index in [0.717, 1.165) is 16.7 Å². The normalized spacial score (nSPS) is 10.9. The molecule has 1 amide bonds. The number of rotatable bonds is 3. The maximum absolute atomic E-state index is 11.6. The zero-order chi connectivity index (χ0) is 11.5. The molecule has 0 saturated heterocycles. The molecule has 1 aromatic heterocycles. The molecular formula is C11H13N3OS. The predicted molar refractivity (Wildman–Crippen MR) is 65.5 cm³/mol. The number of hydrogen-bond acceptors (Lipinski definition) is 4. The molecule has 2 aromatic rings. The van der Waals surface area contributed by atoms with E-state index >= 15 is 0 Å². The van der Waals surface area contributed by atoms with E-state index in [1.807, 2.05) is 32.0 Å². The van der Waals surface area contributed by atoms with Crippen LogP contribution in [0.5, 0.6) is 0 Å². The minimum atomic E-state index is 0.0394. The highest BCUT2D eigenvalue weighted by Gasteiger charge is 2.06. The lowest BCUT2D eigenvalue weighted by Gasteiger charge is -2.06. The smallest absolute Gasteiger partial charge is 0.224 e. The van der Waals surface area contributed by atoms with Crippen molar-refractivity contribution < 1.29 is 4.79 Å². The van der Waals surface area contributed by atoms with Gasteiger partial charge in [0.2, 0.25) is 5.91 Å². The van der Waals surface area contributed by atoms with Gasteiger partial charge in [-0.05, 0) is 24.1 Å². The number of aromatic nitrogens is 2. The van der Waals surface area contributed by atoms with Gasteiger partial charge in [0.1, 0.15) is 11.0 Å². The van der Waals surface area contributed by atoms with E-state index in [-0.39, 0.29) is 5.91 Å². The van der Waals surface area contributed by atoms with Crippen LogP contribution >= 0.6 is 11.7 Å². The Morgan fingerprint density at radius 2 is 2.12 bits per heavy atom. The molecule has 0 bridgehead atoms. The zero-order valence-corrected chi connectivity index (χ0v) is 10.0. The number of carbonyl (C=O) groups is 1. The molecule has 0 fully saturated rings. The van der Waals surface area contributed by atoms with E-state index in [1.54, 1.807) is 0 Å². The number of nitrogens with zero attached hydrogens (tertiary/aromatic N) is 2. The summed E-state index contributed by atoms with van der Waals surface area (Å²) in [5.74, 6) is 0.405. The molecule has 0 spiro atoms. The highest BCUT2D eigenvalue weighted by atomic mass is 32.1. The standard InChI is InChI=1S/C11H13N3OS/c1-7(2)5-11(15)12-8-3-4-9-10(6-8)14-16-13-9/h3-4,6-7H,5H2,1-2H3,(H,12,15). The van der Waals surface area contributed by atoms with Crippen molar-refractivity contribution in [2.45, 2.75) is 20.3 Å². The van der Waals surface area contributed by atoms with E-state index in [9.17, 15) is 4.79 Å². The summed E-state index contributed by atoms with van der Waals surface area (Å²) in [5.41, 5.74) is 2.48. The molecule has 1 heterocycles. The number of nitrogens with one attached hydrogen (secondary N) is 1. The number of anilines is 1. The fourth-order valence-corrected chi connectivity index (χ4v) is 1.96. The maximum atomic E-state index is 11.6. The van der Waals surface area contributed by atoms with Gasteiger partial charge in [0.25, 0.3) is 0 Å². The second-order valence-corrected chi connectivity index (χ2v) is 4.64. The molecule has 2 rings (SSSR count). The molecule has 5 heteroatoms. The van der Waals surface area contributed by atoms with Gasteiger partial charge in [-0.1, -0.05) is 13.8 Å². The Hall–Kier alpha value is -1.49. The lowest BCUT2D eigenvalue weighted by molar-refractivity contribution is -0.116. The van der Waals surface area contributed by atoms with Crippen LogP contribution in [-0.2, 0) is 4.79 Å². The first kappa shape index (κ1) is 11.0. The van der Waals surface area contributed by atoms with Crippen LogP contribution in [0.25, 0.3) is 11.0 Å². The summed E-state index contributed by atoms with van der Waals surface area (Å²) in [6.45, 7) is 4.04. The Kier molecular flexibility index (Phi) is 3.14. The number of benzene rings is 1. The molecule has 0 radical (unpaired) electrons. The molecular weight excluding hydrogens is 222 g/mol. The summed E-state index contributed by atoms with van der Waals surface area (Å²) in [7, 11) is 0. The number of fused-ring (bicyclic) bond motifs is 1. The molecule has 0 aliphatic carbocycles. The molecule has 16 heavy (non-hydrogen) atoms. The average Bonchev–Trinajstić information content (AvgIpc) is 2.63. The highest BCUT2D eigenvalue weighted by Crippen LogP contribution is 2.17. The van der Waals surface area contributed by atoms with Crippen LogP contribution < -0.4 is 5.32 Å². The van der Waals surface area contributed by atoms with Gasteiger partial charge in [-0.2, -0.15) is 8.75 Å². The fraction of sp³-hybridized carbons (Fsp3) is 0.364. The molecule has 4 nitrogen and oxygen atoms in total. The number of carbonyl (C=O) groups excluding carboxylic acids is 1. The lowest BCUT2D eigenvalue weighted by atomic mass is 10.1. The Bertz CT molecular complexity index is 507. The van der Waals surface area contributed by atoms with Crippen molar-refractivity contribution in [2.24, 2.45) is 5.92 Å². The third-order valence-corrected chi connectivity index (χ3v) is 2.69. The zero-order valence-electron chi connectivity index (χ0n) is 9.23. The maximum Gasteiger partial charge on any atom is 0.224 e. The van der Waals surface area contributed by atoms with E-state index in [4.69, 9.17) is 0 Å². The van der Waals surface area contributed by atoms with Gasteiger partial charge >= 0.3 is 0 Å². The van der Waals surface area contributed by atoms with E-state index < -0.39 is 0 Å². The van der Waals surface area contributed by atoms with Gasteiger partial charge in [-0.25, -0.2) is 0 Å². The topological polar surface area (TPSA) is 54.9 Å². The summed E-state index contributed by atoms with van der Waals surface area (Å²) in [6, 6.07) is 5.56. The van der Waals surface area contributed by atoms with Crippen LogP contribution in [0.15, 0.2) is 18.2 Å². The Balaban J connectivity index is 2.11. The number of hydrogen-bond donors (Lipinski definition) is 1. The van der Waals surface area contributed by atoms with Gasteiger partial charge < -0.3 is 5.32 Å². The van der Waals surface area contributed by atoms with Crippen molar-refractivity contribution in [1.29, 1.82) is 0 Å². The summed E-state index contributed by atoms with van der Waals surface area (Å²) in [6.07, 6.45) is 0.535. The monoisotopic (exact) mass is 235 g/mol. The van der Waals surface area contributed by atoms with Crippen LogP contribution in [0.4, 0.5) is 5.69 Å². The average molecular weight is 235 g/mol. The van der Waals surface area contributed by atoms with Gasteiger partial charge in [-0.15, -0.1) is 0 Å². The minimum Gasteiger partial charge on any atom is -0.326 e. The molecule has 0 unspecified atom stereocenters. The third kappa shape index (κ3) is 2.55. The third-order valence-electron chi connectivity index (χ3n) is 2.13. The Morgan fingerprint density at radius 3 is 2.88 bits per heavy atom. The lowest BCUT2D eigenvalue weighted by Crippen LogP contribution is -2.13. The number of amides is 1. The minimum absolute atomic E-state index is 0.0394. The Labute approximate surface area is 98.0 Å². The molecule has 0 saturated carbocycles. The van der Waals surface area contributed by atoms with Gasteiger partial charge in [0.15, 0.2) is 0 Å². The molecule has 84 valence electrons. The molecule has 0 aliphatic heterocycles. The summed E-state index contributed by atoms with van der Waals surface area (Å²) in [4.78, 5) is 11.6. The van der Waals surface area contributed by atoms with E-state index in [1.165, 1.54) is 11.7 Å². The summed E-state index contributed by atoms with van der Waals surface area (Å²) < 4.78 is 8.23. The first-order chi connectivity index (χ1) is 7.65. The van der Waals surface area contributed by atoms with Crippen molar-refractivity contribution in [2.75, 3.05) is 5.32 Å². The van der Waals surface area contributed by atoms with Crippen molar-refractivity contribution in [1.82, 2.24) is 8.75 Å². The van der Waals surface area contributed by atoms with E-state index in [2.05, 4.69) is 14.1 Å². The summed E-state index contributed by atoms with van der Waals surface area (Å²) >= 11 is 1.18. The molecule has 0 aliphatic rings. The molecule has 1 N–H and O–H groups in total. The van der Waals surface area contributed by atoms with Crippen LogP contribution in [0.2, 0.25) is 0 Å². The second kappa shape index (κ2) is 4.57. The van der Waals surface area contributed by atoms with Crippen molar-refractivity contribution in [3.63, 3.8) is 0 Å². The SMILES string of the molecule is CC(C)CC(=O)Nc1ccc2nsnc2c1. The molecule has 0 atom stereocenters. The predicted octanol–water partition coefficient (Wildman–Crippen LogP) is 2.68. The first-order valence-electron chi connectivity index (χ1n) is 5.17. The van der Waals surface area contributed by atoms with Crippen LogP contribution in [0.1, 0.15) is 20.3 Å². The molecule has 1 aromatic carbocycles. The van der Waals surface area contributed by atoms with E-state index in [0.29, 0.717) is 12.3 Å².